The van der Waals surface area contributed by atoms with Crippen molar-refractivity contribution in [1.29, 1.82) is 0 Å². The summed E-state index contributed by atoms with van der Waals surface area (Å²) in [4.78, 5) is 16.9. The molecule has 0 unspecified atom stereocenters. The second kappa shape index (κ2) is 11.1. The number of aromatic nitrogens is 1. The van der Waals surface area contributed by atoms with Gasteiger partial charge in [0.1, 0.15) is 5.76 Å². The van der Waals surface area contributed by atoms with Crippen molar-refractivity contribution in [3.05, 3.63) is 58.8 Å². The summed E-state index contributed by atoms with van der Waals surface area (Å²) in [5.41, 5.74) is 2.66. The molecular formula is C19H23Cl2N3O2S. The topological polar surface area (TPSA) is 67.2 Å². The Balaban J connectivity index is 0.00000182. The minimum Gasteiger partial charge on any atom is -0.459 e. The van der Waals surface area contributed by atoms with Gasteiger partial charge in [0.05, 0.1) is 12.1 Å². The molecule has 2 aromatic heterocycles. The van der Waals surface area contributed by atoms with E-state index in [1.807, 2.05) is 48.7 Å². The summed E-state index contributed by atoms with van der Waals surface area (Å²) in [7, 11) is 0. The molecule has 8 heteroatoms. The lowest BCUT2D eigenvalue weighted by atomic mass is 10.1. The fourth-order valence-electron chi connectivity index (χ4n) is 2.47. The minimum atomic E-state index is -0.0728. The first kappa shape index (κ1) is 23.2. The van der Waals surface area contributed by atoms with Crippen molar-refractivity contribution in [3.63, 3.8) is 0 Å². The third-order valence-electron chi connectivity index (χ3n) is 3.70. The maximum absolute atomic E-state index is 12.4. The summed E-state index contributed by atoms with van der Waals surface area (Å²) >= 11 is 1.48. The van der Waals surface area contributed by atoms with Crippen LogP contribution >= 0.6 is 36.2 Å². The molecule has 1 aromatic carbocycles. The third-order valence-corrected chi connectivity index (χ3v) is 4.61. The van der Waals surface area contributed by atoms with Crippen LogP contribution in [0.4, 0.5) is 5.69 Å². The molecular weight excluding hydrogens is 405 g/mol. The van der Waals surface area contributed by atoms with Crippen LogP contribution in [0.5, 0.6) is 0 Å². The molecule has 0 saturated carbocycles. The Kier molecular flexibility index (Phi) is 9.52. The fraction of sp³-hybridized carbons (Fsp3) is 0.263. The number of hydrogen-bond donors (Lipinski definition) is 2. The number of aryl methyl sites for hydroxylation is 1. The molecule has 2 N–H and O–H groups in total. The van der Waals surface area contributed by atoms with Gasteiger partial charge in [0, 0.05) is 17.6 Å². The lowest BCUT2D eigenvalue weighted by Gasteiger charge is -2.11. The number of rotatable bonds is 7. The molecule has 1 amide bonds. The van der Waals surface area contributed by atoms with Crippen molar-refractivity contribution in [3.8, 4) is 10.8 Å². The van der Waals surface area contributed by atoms with Crippen LogP contribution in [0, 0.1) is 6.92 Å². The standard InChI is InChI=1S/C19H21N3O2S.2ClH/c1-3-20-11-14-6-4-5-7-16(14)22-18(23)10-15-12-25-19(21-15)17-9-8-13(2)24-17;;/h4-9,12,20H,3,10-11H2,1-2H3,(H,22,23);2*1H. The van der Waals surface area contributed by atoms with Crippen LogP contribution in [0.3, 0.4) is 0 Å². The van der Waals surface area contributed by atoms with Gasteiger partial charge in [-0.25, -0.2) is 4.98 Å². The first-order valence-corrected chi connectivity index (χ1v) is 9.13. The van der Waals surface area contributed by atoms with Gasteiger partial charge < -0.3 is 15.1 Å². The Hall–Kier alpha value is -1.86. The van der Waals surface area contributed by atoms with Crippen LogP contribution in [0.2, 0.25) is 0 Å². The average Bonchev–Trinajstić information content (AvgIpc) is 3.23. The van der Waals surface area contributed by atoms with Crippen LogP contribution in [0.15, 0.2) is 46.2 Å². The largest absolute Gasteiger partial charge is 0.459 e. The van der Waals surface area contributed by atoms with Crippen molar-refractivity contribution in [2.75, 3.05) is 11.9 Å². The molecule has 0 atom stereocenters. The zero-order valence-corrected chi connectivity index (χ0v) is 17.6. The van der Waals surface area contributed by atoms with Gasteiger partial charge in [0.25, 0.3) is 0 Å². The van der Waals surface area contributed by atoms with Crippen molar-refractivity contribution < 1.29 is 9.21 Å². The molecule has 0 aliphatic heterocycles. The van der Waals surface area contributed by atoms with Crippen LogP contribution < -0.4 is 10.6 Å². The number of thiazole rings is 1. The molecule has 27 heavy (non-hydrogen) atoms. The Morgan fingerprint density at radius 2 is 1.96 bits per heavy atom. The zero-order chi connectivity index (χ0) is 17.6. The van der Waals surface area contributed by atoms with Crippen LogP contribution in [0.1, 0.15) is 23.9 Å². The normalized spacial score (nSPS) is 10.0. The first-order valence-electron chi connectivity index (χ1n) is 8.25. The van der Waals surface area contributed by atoms with Gasteiger partial charge in [-0.05, 0) is 37.2 Å². The smallest absolute Gasteiger partial charge is 0.230 e. The molecule has 0 bridgehead atoms. The summed E-state index contributed by atoms with van der Waals surface area (Å²) in [5.74, 6) is 1.52. The van der Waals surface area contributed by atoms with Crippen molar-refractivity contribution in [1.82, 2.24) is 10.3 Å². The zero-order valence-electron chi connectivity index (χ0n) is 15.2. The van der Waals surface area contributed by atoms with Gasteiger partial charge in [-0.2, -0.15) is 0 Å². The Morgan fingerprint density at radius 1 is 1.19 bits per heavy atom. The van der Waals surface area contributed by atoms with E-state index in [9.17, 15) is 4.79 Å². The number of para-hydroxylation sites is 1. The molecule has 146 valence electrons. The van der Waals surface area contributed by atoms with Crippen LogP contribution in [0.25, 0.3) is 10.8 Å². The monoisotopic (exact) mass is 427 g/mol. The van der Waals surface area contributed by atoms with E-state index in [-0.39, 0.29) is 37.1 Å². The highest BCUT2D eigenvalue weighted by atomic mass is 35.5. The quantitative estimate of drug-likeness (QED) is 0.565. The van der Waals surface area contributed by atoms with E-state index >= 15 is 0 Å². The van der Waals surface area contributed by atoms with Gasteiger partial charge in [-0.1, -0.05) is 25.1 Å². The summed E-state index contributed by atoms with van der Waals surface area (Å²) in [6.45, 7) is 5.57. The van der Waals surface area contributed by atoms with Crippen LogP contribution in [-0.4, -0.2) is 17.4 Å². The lowest BCUT2D eigenvalue weighted by molar-refractivity contribution is -0.115. The van der Waals surface area contributed by atoms with E-state index in [2.05, 4.69) is 22.5 Å². The number of carbonyl (C=O) groups excluding carboxylic acids is 1. The first-order chi connectivity index (χ1) is 12.2. The maximum Gasteiger partial charge on any atom is 0.230 e. The number of halogens is 2. The molecule has 0 spiro atoms. The Labute approximate surface area is 175 Å². The molecule has 3 rings (SSSR count). The Bertz CT molecular complexity index is 864. The average molecular weight is 428 g/mol. The molecule has 0 aliphatic rings. The molecule has 0 radical (unpaired) electrons. The maximum atomic E-state index is 12.4. The Morgan fingerprint density at radius 3 is 2.67 bits per heavy atom. The fourth-order valence-corrected chi connectivity index (χ4v) is 3.25. The molecule has 3 aromatic rings. The number of amides is 1. The van der Waals surface area contributed by atoms with Crippen molar-refractivity contribution >= 4 is 47.7 Å². The summed E-state index contributed by atoms with van der Waals surface area (Å²) in [6.07, 6.45) is 0.242. The number of nitrogens with one attached hydrogen (secondary N) is 2. The number of anilines is 1. The van der Waals surface area contributed by atoms with E-state index in [0.29, 0.717) is 0 Å². The number of carbonyl (C=O) groups is 1. The summed E-state index contributed by atoms with van der Waals surface area (Å²) in [5, 5.41) is 8.96. The highest BCUT2D eigenvalue weighted by Crippen LogP contribution is 2.26. The van der Waals surface area contributed by atoms with Crippen molar-refractivity contribution in [2.24, 2.45) is 0 Å². The lowest BCUT2D eigenvalue weighted by Crippen LogP contribution is -2.18. The minimum absolute atomic E-state index is 0. The summed E-state index contributed by atoms with van der Waals surface area (Å²) < 4.78 is 5.58. The second-order valence-corrected chi connectivity index (χ2v) is 6.57. The predicted molar refractivity (Wildman–Crippen MR) is 115 cm³/mol. The van der Waals surface area contributed by atoms with Gasteiger partial charge in [-0.3, -0.25) is 4.79 Å². The van der Waals surface area contributed by atoms with E-state index in [0.717, 1.165) is 46.6 Å². The molecule has 0 fully saturated rings. The highest BCUT2D eigenvalue weighted by molar-refractivity contribution is 7.13. The molecule has 0 aliphatic carbocycles. The highest BCUT2D eigenvalue weighted by Gasteiger charge is 2.12. The molecule has 2 heterocycles. The van der Waals surface area contributed by atoms with E-state index in [1.165, 1.54) is 11.3 Å². The van der Waals surface area contributed by atoms with E-state index in [4.69, 9.17) is 4.42 Å². The number of furan rings is 1. The molecule has 5 nitrogen and oxygen atoms in total. The SMILES string of the molecule is CCNCc1ccccc1NC(=O)Cc1csc(-c2ccc(C)o2)n1.Cl.Cl. The van der Waals surface area contributed by atoms with Gasteiger partial charge >= 0.3 is 0 Å². The van der Waals surface area contributed by atoms with Gasteiger partial charge in [0.2, 0.25) is 5.91 Å². The summed E-state index contributed by atoms with van der Waals surface area (Å²) in [6, 6.07) is 11.6. The van der Waals surface area contributed by atoms with E-state index < -0.39 is 0 Å². The predicted octanol–water partition coefficient (Wildman–Crippen LogP) is 4.85. The molecule has 0 saturated heterocycles. The third kappa shape index (κ3) is 6.36. The number of benzene rings is 1. The number of hydrogen-bond acceptors (Lipinski definition) is 5. The number of nitrogens with zero attached hydrogens (tertiary/aromatic N) is 1. The van der Waals surface area contributed by atoms with Gasteiger partial charge in [-0.15, -0.1) is 36.2 Å². The van der Waals surface area contributed by atoms with E-state index in [1.54, 1.807) is 0 Å². The van der Waals surface area contributed by atoms with Crippen molar-refractivity contribution in [2.45, 2.75) is 26.8 Å². The van der Waals surface area contributed by atoms with Crippen LogP contribution in [-0.2, 0) is 17.8 Å². The van der Waals surface area contributed by atoms with Gasteiger partial charge in [0.15, 0.2) is 10.8 Å². The second-order valence-electron chi connectivity index (χ2n) is 5.72.